The minimum Gasteiger partial charge on any atom is -0.466 e. The van der Waals surface area contributed by atoms with Crippen LogP contribution in [0.1, 0.15) is 0 Å². The van der Waals surface area contributed by atoms with Crippen LogP contribution >= 0.6 is 0 Å². The molecule has 1 aliphatic rings. The summed E-state index contributed by atoms with van der Waals surface area (Å²) in [5.41, 5.74) is 0. The van der Waals surface area contributed by atoms with E-state index < -0.39 is 0 Å². The smallest absolute Gasteiger partial charge is 0.209 e. The lowest BCUT2D eigenvalue weighted by Gasteiger charge is -2.19. The lowest BCUT2D eigenvalue weighted by atomic mass is 10.3. The summed E-state index contributed by atoms with van der Waals surface area (Å²) in [7, 11) is -0.177. The van der Waals surface area contributed by atoms with Gasteiger partial charge in [-0.25, -0.2) is 0 Å². The Balaban J connectivity index is 1.85. The quantitative estimate of drug-likeness (QED) is 0.371. The Morgan fingerprint density at radius 2 is 1.35 bits per heavy atom. The van der Waals surface area contributed by atoms with Crippen molar-refractivity contribution < 1.29 is 9.47 Å². The van der Waals surface area contributed by atoms with E-state index in [0.717, 1.165) is 17.2 Å². The van der Waals surface area contributed by atoms with Crippen LogP contribution in [0, 0.1) is 0 Å². The summed E-state index contributed by atoms with van der Waals surface area (Å²) in [4.78, 5) is 3.66. The van der Waals surface area contributed by atoms with Crippen LogP contribution in [-0.4, -0.2) is 0 Å². The van der Waals surface area contributed by atoms with Gasteiger partial charge in [0.15, 0.2) is 16.4 Å². The Morgan fingerprint density at radius 3 is 1.91 bits per heavy atom. The third-order valence-electron chi connectivity index (χ3n) is 3.64. The summed E-state index contributed by atoms with van der Waals surface area (Å²) < 4.78 is 11.4. The maximum absolute atomic E-state index is 6.06. The molecule has 3 heteroatoms. The first-order valence-corrected chi connectivity index (χ1v) is 8.57. The van der Waals surface area contributed by atoms with Crippen molar-refractivity contribution in [2.75, 3.05) is 0 Å². The molecule has 3 aromatic carbocycles. The van der Waals surface area contributed by atoms with E-state index in [2.05, 4.69) is 43.0 Å². The maximum Gasteiger partial charge on any atom is 0.209 e. The summed E-state index contributed by atoms with van der Waals surface area (Å²) in [5.74, 6) is 2.66. The van der Waals surface area contributed by atoms with E-state index in [1.54, 1.807) is 0 Å². The van der Waals surface area contributed by atoms with Gasteiger partial charge in [-0.15, -0.1) is 0 Å². The summed E-state index contributed by atoms with van der Waals surface area (Å²) in [6.07, 6.45) is 1.44. The molecule has 0 spiro atoms. The molecule has 1 aliphatic heterocycles. The predicted molar refractivity (Wildman–Crippen MR) is 92.4 cm³/mol. The highest BCUT2D eigenvalue weighted by Crippen LogP contribution is 2.46. The molecule has 4 rings (SSSR count). The molecule has 0 atom stereocenters. The standard InChI is InChI=1S/C20H15O2S/c1-2-21-15-11-13-16(14-12-15)23-19-9-5-3-7-17(19)22-18-8-4-6-10-20(18)23/h2-14H,1H2/q+1. The van der Waals surface area contributed by atoms with E-state index in [9.17, 15) is 0 Å². The number of para-hydroxylation sites is 2. The molecular formula is C20H15O2S+. The second kappa shape index (κ2) is 5.86. The number of ether oxygens (including phenoxy) is 2. The Hall–Kier alpha value is -2.65. The molecule has 0 radical (unpaired) electrons. The zero-order valence-corrected chi connectivity index (χ0v) is 13.3. The fourth-order valence-corrected chi connectivity index (χ4v) is 4.85. The SMILES string of the molecule is C=COc1ccc([S+]2c3ccccc3Oc3ccccc32)cc1. The monoisotopic (exact) mass is 319 g/mol. The highest BCUT2D eigenvalue weighted by Gasteiger charge is 2.38. The van der Waals surface area contributed by atoms with Crippen molar-refractivity contribution in [3.8, 4) is 17.2 Å². The van der Waals surface area contributed by atoms with Gasteiger partial charge in [0.25, 0.3) is 0 Å². The minimum absolute atomic E-state index is 0.177. The predicted octanol–water partition coefficient (Wildman–Crippen LogP) is 5.41. The number of hydrogen-bond donors (Lipinski definition) is 0. The highest BCUT2D eigenvalue weighted by atomic mass is 32.2. The van der Waals surface area contributed by atoms with Gasteiger partial charge in [-0.1, -0.05) is 30.8 Å². The van der Waals surface area contributed by atoms with E-state index in [1.165, 1.54) is 20.9 Å². The summed E-state index contributed by atoms with van der Waals surface area (Å²) >= 11 is 0. The molecule has 0 aromatic heterocycles. The van der Waals surface area contributed by atoms with Crippen LogP contribution in [0.3, 0.4) is 0 Å². The van der Waals surface area contributed by atoms with Crippen LogP contribution in [0.25, 0.3) is 0 Å². The molecule has 3 aromatic rings. The maximum atomic E-state index is 6.06. The molecule has 1 heterocycles. The topological polar surface area (TPSA) is 18.5 Å². The zero-order valence-electron chi connectivity index (χ0n) is 12.4. The van der Waals surface area contributed by atoms with Gasteiger partial charge in [-0.2, -0.15) is 0 Å². The van der Waals surface area contributed by atoms with E-state index in [4.69, 9.17) is 9.47 Å². The van der Waals surface area contributed by atoms with Gasteiger partial charge in [0, 0.05) is 0 Å². The molecule has 0 fully saturated rings. The van der Waals surface area contributed by atoms with Gasteiger partial charge >= 0.3 is 0 Å². The Morgan fingerprint density at radius 1 is 0.783 bits per heavy atom. The molecule has 2 nitrogen and oxygen atoms in total. The molecule has 0 unspecified atom stereocenters. The van der Waals surface area contributed by atoms with Gasteiger partial charge < -0.3 is 9.47 Å². The molecule has 112 valence electrons. The lowest BCUT2D eigenvalue weighted by Crippen LogP contribution is -2.12. The Bertz CT molecular complexity index is 810. The number of benzene rings is 3. The third kappa shape index (κ3) is 2.49. The zero-order chi connectivity index (χ0) is 15.6. The minimum atomic E-state index is -0.177. The van der Waals surface area contributed by atoms with E-state index in [1.807, 2.05) is 36.4 Å². The molecule has 23 heavy (non-hydrogen) atoms. The normalized spacial score (nSPS) is 12.7. The second-order valence-electron chi connectivity index (χ2n) is 5.06. The average Bonchev–Trinajstić information content (AvgIpc) is 2.61. The third-order valence-corrected chi connectivity index (χ3v) is 5.93. The number of hydrogen-bond acceptors (Lipinski definition) is 2. The van der Waals surface area contributed by atoms with Crippen LogP contribution in [0.15, 0.2) is 100 Å². The molecule has 0 saturated carbocycles. The lowest BCUT2D eigenvalue weighted by molar-refractivity contribution is 0.453. The van der Waals surface area contributed by atoms with E-state index >= 15 is 0 Å². The first-order valence-electron chi connectivity index (χ1n) is 7.34. The second-order valence-corrected chi connectivity index (χ2v) is 7.02. The first kappa shape index (κ1) is 14.0. The van der Waals surface area contributed by atoms with Gasteiger partial charge in [0.2, 0.25) is 9.79 Å². The first-order chi connectivity index (χ1) is 11.4. The number of rotatable bonds is 3. The van der Waals surface area contributed by atoms with E-state index in [-0.39, 0.29) is 10.9 Å². The van der Waals surface area contributed by atoms with E-state index in [0.29, 0.717) is 0 Å². The van der Waals surface area contributed by atoms with Crippen LogP contribution in [0.5, 0.6) is 17.2 Å². The van der Waals surface area contributed by atoms with Crippen molar-refractivity contribution in [3.05, 3.63) is 85.6 Å². The molecule has 0 amide bonds. The molecule has 0 bridgehead atoms. The summed E-state index contributed by atoms with van der Waals surface area (Å²) in [5, 5.41) is 0. The van der Waals surface area contributed by atoms with Crippen LogP contribution in [-0.2, 0) is 10.9 Å². The summed E-state index contributed by atoms with van der Waals surface area (Å²) in [6.45, 7) is 3.59. The average molecular weight is 319 g/mol. The molecule has 0 saturated heterocycles. The molecule has 0 N–H and O–H groups in total. The van der Waals surface area contributed by atoms with Gasteiger partial charge in [-0.05, 0) is 48.5 Å². The Labute approximate surface area is 138 Å². The van der Waals surface area contributed by atoms with Gasteiger partial charge in [-0.3, -0.25) is 0 Å². The van der Waals surface area contributed by atoms with Crippen molar-refractivity contribution in [2.24, 2.45) is 0 Å². The fourth-order valence-electron chi connectivity index (χ4n) is 2.65. The van der Waals surface area contributed by atoms with Crippen molar-refractivity contribution in [1.29, 1.82) is 0 Å². The van der Waals surface area contributed by atoms with Crippen molar-refractivity contribution in [1.82, 2.24) is 0 Å². The fraction of sp³-hybridized carbons (Fsp3) is 0. The van der Waals surface area contributed by atoms with Crippen LogP contribution in [0.2, 0.25) is 0 Å². The van der Waals surface area contributed by atoms with Crippen molar-refractivity contribution in [3.63, 3.8) is 0 Å². The molecule has 0 aliphatic carbocycles. The molecular weight excluding hydrogens is 304 g/mol. The summed E-state index contributed by atoms with van der Waals surface area (Å²) in [6, 6.07) is 24.7. The van der Waals surface area contributed by atoms with Gasteiger partial charge in [0.05, 0.1) is 6.26 Å². The largest absolute Gasteiger partial charge is 0.466 e. The van der Waals surface area contributed by atoms with Crippen LogP contribution < -0.4 is 9.47 Å². The van der Waals surface area contributed by atoms with Crippen LogP contribution in [0.4, 0.5) is 0 Å². The number of fused-ring (bicyclic) bond motifs is 2. The highest BCUT2D eigenvalue weighted by molar-refractivity contribution is 7.97. The van der Waals surface area contributed by atoms with Crippen molar-refractivity contribution >= 4 is 10.9 Å². The van der Waals surface area contributed by atoms with Gasteiger partial charge in [0.1, 0.15) is 16.6 Å². The van der Waals surface area contributed by atoms with Crippen molar-refractivity contribution in [2.45, 2.75) is 14.7 Å². The Kier molecular flexibility index (Phi) is 3.56.